The molecule has 2 saturated carbocycles. The van der Waals surface area contributed by atoms with Crippen molar-refractivity contribution in [2.24, 2.45) is 5.41 Å². The molecule has 32 heavy (non-hydrogen) atoms. The van der Waals surface area contributed by atoms with Crippen molar-refractivity contribution >= 4 is 27.5 Å². The lowest BCUT2D eigenvalue weighted by molar-refractivity contribution is -0.162. The Morgan fingerprint density at radius 2 is 1.69 bits per heavy atom. The molecule has 1 saturated heterocycles. The molecular weight excluding hydrogens is 432 g/mol. The molecule has 0 unspecified atom stereocenters. The van der Waals surface area contributed by atoms with E-state index < -0.39 is 27.4 Å². The van der Waals surface area contributed by atoms with Gasteiger partial charge in [-0.1, -0.05) is 82.2 Å². The Balaban J connectivity index is 1.81. The number of hydrogen-bond acceptors (Lipinski definition) is 4. The summed E-state index contributed by atoms with van der Waals surface area (Å²) in [7, 11) is -2.48. The van der Waals surface area contributed by atoms with Gasteiger partial charge in [-0.3, -0.25) is 4.79 Å². The predicted molar refractivity (Wildman–Crippen MR) is 135 cm³/mol. The molecule has 4 rings (SSSR count). The van der Waals surface area contributed by atoms with Crippen LogP contribution in [0, 0.1) is 5.41 Å². The summed E-state index contributed by atoms with van der Waals surface area (Å²) in [5.41, 5.74) is -0.740. The van der Waals surface area contributed by atoms with Crippen molar-refractivity contribution < 1.29 is 18.7 Å². The van der Waals surface area contributed by atoms with Crippen molar-refractivity contribution in [1.29, 1.82) is 0 Å². The molecule has 1 aromatic carbocycles. The summed E-state index contributed by atoms with van der Waals surface area (Å²) in [6.07, 6.45) is 4.97. The topological polar surface area (TPSA) is 48.1 Å². The summed E-state index contributed by atoms with van der Waals surface area (Å²) >= 11 is 0. The maximum absolute atomic E-state index is 13.7. The van der Waals surface area contributed by atoms with Gasteiger partial charge in [-0.2, -0.15) is 0 Å². The summed E-state index contributed by atoms with van der Waals surface area (Å²) in [4.78, 5) is 13.7. The first-order valence-electron chi connectivity index (χ1n) is 12.3. The van der Waals surface area contributed by atoms with E-state index in [0.29, 0.717) is 0 Å². The summed E-state index contributed by atoms with van der Waals surface area (Å²) in [5, 5.41) is 1.54. The minimum Gasteiger partial charge on any atom is -0.469 e. The fraction of sp³-hybridized carbons (Fsp3) is 0.731. The van der Waals surface area contributed by atoms with E-state index in [-0.39, 0.29) is 28.8 Å². The third-order valence-corrected chi connectivity index (χ3v) is 18.3. The van der Waals surface area contributed by atoms with Gasteiger partial charge in [-0.05, 0) is 42.9 Å². The van der Waals surface area contributed by atoms with Crippen molar-refractivity contribution in [3.8, 4) is 0 Å². The summed E-state index contributed by atoms with van der Waals surface area (Å²) in [5.74, 6) is -0.0491. The molecule has 3 fully saturated rings. The largest absolute Gasteiger partial charge is 0.469 e. The Labute approximate surface area is 196 Å². The number of carbonyl (C=O) groups excluding carboxylic acids is 1. The third-order valence-electron chi connectivity index (χ3n) is 9.46. The van der Waals surface area contributed by atoms with Gasteiger partial charge in [0.05, 0.1) is 21.3 Å². The van der Waals surface area contributed by atoms with Crippen molar-refractivity contribution in [2.75, 3.05) is 7.11 Å². The van der Waals surface area contributed by atoms with Gasteiger partial charge in [-0.15, -0.1) is 0 Å². The first-order chi connectivity index (χ1) is 14.8. The first-order valence-corrected chi connectivity index (χ1v) is 18.3. The van der Waals surface area contributed by atoms with E-state index in [1.54, 1.807) is 7.11 Å². The van der Waals surface area contributed by atoms with Crippen LogP contribution in [0.3, 0.4) is 0 Å². The molecule has 1 aromatic rings. The Kier molecular flexibility index (Phi) is 5.88. The number of epoxide rings is 1. The molecule has 1 heterocycles. The van der Waals surface area contributed by atoms with Gasteiger partial charge in [0.25, 0.3) is 0 Å². The molecule has 6 heteroatoms. The van der Waals surface area contributed by atoms with Crippen LogP contribution in [0.15, 0.2) is 30.3 Å². The van der Waals surface area contributed by atoms with Gasteiger partial charge in [0, 0.05) is 0 Å². The molecule has 1 spiro atoms. The zero-order valence-electron chi connectivity index (χ0n) is 21.3. The summed E-state index contributed by atoms with van der Waals surface area (Å²) < 4.78 is 19.3. The molecule has 2 aliphatic carbocycles. The van der Waals surface area contributed by atoms with E-state index >= 15 is 0 Å². The van der Waals surface area contributed by atoms with Crippen LogP contribution in [0.25, 0.3) is 0 Å². The van der Waals surface area contributed by atoms with Crippen LogP contribution in [0.1, 0.15) is 52.9 Å². The maximum atomic E-state index is 13.7. The fourth-order valence-corrected chi connectivity index (χ4v) is 12.0. The lowest BCUT2D eigenvalue weighted by Crippen LogP contribution is -2.65. The van der Waals surface area contributed by atoms with Gasteiger partial charge < -0.3 is 13.9 Å². The average Bonchev–Trinajstić information content (AvgIpc) is 3.47. The Bertz CT molecular complexity index is 862. The monoisotopic (exact) mass is 474 g/mol. The highest BCUT2D eigenvalue weighted by atomic mass is 28.4. The molecule has 178 valence electrons. The minimum absolute atomic E-state index is 0.0212. The molecule has 3 aliphatic rings. The third kappa shape index (κ3) is 3.39. The van der Waals surface area contributed by atoms with Crippen LogP contribution < -0.4 is 5.19 Å². The second-order valence-electron chi connectivity index (χ2n) is 12.4. The van der Waals surface area contributed by atoms with Crippen LogP contribution >= 0.6 is 0 Å². The second-order valence-corrected chi connectivity index (χ2v) is 21.9. The van der Waals surface area contributed by atoms with Crippen molar-refractivity contribution in [2.45, 2.75) is 107 Å². The zero-order chi connectivity index (χ0) is 23.6. The Hall–Kier alpha value is -0.956. The Morgan fingerprint density at radius 1 is 1.06 bits per heavy atom. The average molecular weight is 475 g/mol. The van der Waals surface area contributed by atoms with Crippen LogP contribution in [0.4, 0.5) is 0 Å². The van der Waals surface area contributed by atoms with Gasteiger partial charge in [0.2, 0.25) is 0 Å². The lowest BCUT2D eigenvalue weighted by atomic mass is 9.58. The zero-order valence-corrected chi connectivity index (χ0v) is 23.3. The SMILES string of the molecule is COC(=O)[C@@]12CCCC[C@]13O[C@@H]3[C@@H](O[Si](C)(C)C(C)(C)C)C[C@H]2[Si](C)(C)c1ccccc1. The van der Waals surface area contributed by atoms with E-state index in [1.807, 2.05) is 0 Å². The quantitative estimate of drug-likeness (QED) is 0.315. The number of hydrogen-bond donors (Lipinski definition) is 0. The number of benzene rings is 1. The number of ether oxygens (including phenoxy) is 2. The highest BCUT2D eigenvalue weighted by Crippen LogP contribution is 2.71. The molecule has 0 radical (unpaired) electrons. The molecular formula is C26H42O4Si2. The van der Waals surface area contributed by atoms with Crippen molar-refractivity contribution in [3.05, 3.63) is 30.3 Å². The highest BCUT2D eigenvalue weighted by molar-refractivity contribution is 6.91. The van der Waals surface area contributed by atoms with E-state index in [1.165, 1.54) is 5.19 Å². The van der Waals surface area contributed by atoms with Gasteiger partial charge in [-0.25, -0.2) is 0 Å². The van der Waals surface area contributed by atoms with Gasteiger partial charge >= 0.3 is 5.97 Å². The highest BCUT2D eigenvalue weighted by Gasteiger charge is 2.81. The number of methoxy groups -OCH3 is 1. The summed E-state index contributed by atoms with van der Waals surface area (Å²) in [6, 6.07) is 10.9. The summed E-state index contributed by atoms with van der Waals surface area (Å²) in [6.45, 7) is 16.4. The van der Waals surface area contributed by atoms with Crippen LogP contribution in [0.5, 0.6) is 0 Å². The molecule has 0 amide bonds. The predicted octanol–water partition coefficient (Wildman–Crippen LogP) is 5.64. The minimum atomic E-state index is -2.07. The number of carbonyl (C=O) groups is 1. The van der Waals surface area contributed by atoms with E-state index in [4.69, 9.17) is 13.9 Å². The van der Waals surface area contributed by atoms with Crippen LogP contribution in [-0.4, -0.2) is 47.3 Å². The van der Waals surface area contributed by atoms with Crippen molar-refractivity contribution in [3.63, 3.8) is 0 Å². The van der Waals surface area contributed by atoms with E-state index in [0.717, 1.165) is 32.1 Å². The number of rotatable bonds is 5. The van der Waals surface area contributed by atoms with Gasteiger partial charge in [0.1, 0.15) is 17.1 Å². The molecule has 1 aliphatic heterocycles. The van der Waals surface area contributed by atoms with Crippen molar-refractivity contribution in [1.82, 2.24) is 0 Å². The molecule has 5 atom stereocenters. The van der Waals surface area contributed by atoms with Crippen LogP contribution in [0.2, 0.25) is 36.8 Å². The maximum Gasteiger partial charge on any atom is 0.314 e. The van der Waals surface area contributed by atoms with E-state index in [2.05, 4.69) is 77.3 Å². The number of esters is 1. The molecule has 0 bridgehead atoms. The fourth-order valence-electron chi connectivity index (χ4n) is 6.63. The second kappa shape index (κ2) is 7.79. The first kappa shape index (κ1) is 24.2. The van der Waals surface area contributed by atoms with E-state index in [9.17, 15) is 4.79 Å². The molecule has 0 N–H and O–H groups in total. The van der Waals surface area contributed by atoms with Crippen LogP contribution in [-0.2, 0) is 18.7 Å². The van der Waals surface area contributed by atoms with Gasteiger partial charge in [0.15, 0.2) is 8.32 Å². The Morgan fingerprint density at radius 3 is 2.28 bits per heavy atom. The normalized spacial score (nSPS) is 34.9. The smallest absolute Gasteiger partial charge is 0.314 e. The molecule has 4 nitrogen and oxygen atoms in total. The molecule has 0 aromatic heterocycles. The standard InChI is InChI=1S/C26H42O4Si2/c1-24(2,3)32(7,8)30-20-18-21(31(5,6)19-14-10-9-11-15-19)25(23(27)28-4)16-12-13-17-26(25)22(20)29-26/h9-11,14-15,20-22H,12-13,16-18H2,1-8H3/t20-,21+,22+,25-,26+/m0/s1. The lowest BCUT2D eigenvalue weighted by Gasteiger charge is -2.55.